The molecule has 0 bridgehead atoms. The van der Waals surface area contributed by atoms with Gasteiger partial charge in [-0.1, -0.05) is 35.6 Å². The van der Waals surface area contributed by atoms with E-state index in [1.165, 1.54) is 10.6 Å². The lowest BCUT2D eigenvalue weighted by molar-refractivity contribution is -0.384. The Labute approximate surface area is 225 Å². The minimum Gasteiger partial charge on any atom is -0.497 e. The third-order valence-electron chi connectivity index (χ3n) is 6.21. The van der Waals surface area contributed by atoms with E-state index in [0.29, 0.717) is 43.4 Å². The van der Waals surface area contributed by atoms with E-state index in [1.807, 2.05) is 0 Å². The molecule has 39 heavy (non-hydrogen) atoms. The first-order valence-electron chi connectivity index (χ1n) is 12.0. The molecule has 198 valence electrons. The molecule has 0 saturated heterocycles. The molecule has 0 amide bonds. The fourth-order valence-electron chi connectivity index (χ4n) is 4.44. The molecule has 0 saturated carbocycles. The molecule has 2 aromatic carbocycles. The van der Waals surface area contributed by atoms with Crippen LogP contribution < -0.4 is 19.6 Å². The van der Waals surface area contributed by atoms with Crippen molar-refractivity contribution in [3.8, 4) is 17.1 Å². The number of para-hydroxylation sites is 1. The molecule has 1 aliphatic rings. The molecular formula is C28H23N3O7S. The minimum atomic E-state index is -0.757. The highest BCUT2D eigenvalue weighted by molar-refractivity contribution is 7.07. The number of thiazole rings is 1. The van der Waals surface area contributed by atoms with Gasteiger partial charge in [0.25, 0.3) is 11.2 Å². The van der Waals surface area contributed by atoms with E-state index in [-0.39, 0.29) is 23.4 Å². The van der Waals surface area contributed by atoms with E-state index in [0.717, 1.165) is 11.3 Å². The van der Waals surface area contributed by atoms with E-state index in [1.54, 1.807) is 81.6 Å². The lowest BCUT2D eigenvalue weighted by Gasteiger charge is -2.24. The van der Waals surface area contributed by atoms with Gasteiger partial charge in [-0.15, -0.1) is 0 Å². The summed E-state index contributed by atoms with van der Waals surface area (Å²) in [4.78, 5) is 42.7. The molecule has 0 N–H and O–H groups in total. The number of hydrogen-bond acceptors (Lipinski definition) is 9. The van der Waals surface area contributed by atoms with Crippen molar-refractivity contribution >= 4 is 29.1 Å². The summed E-state index contributed by atoms with van der Waals surface area (Å²) >= 11 is 1.16. The summed E-state index contributed by atoms with van der Waals surface area (Å²) in [5.41, 5.74) is 1.31. The number of esters is 1. The molecule has 11 heteroatoms. The first-order valence-corrected chi connectivity index (χ1v) is 12.8. The van der Waals surface area contributed by atoms with Gasteiger partial charge in [-0.3, -0.25) is 19.5 Å². The molecule has 0 fully saturated rings. The number of methoxy groups -OCH3 is 1. The van der Waals surface area contributed by atoms with Crippen LogP contribution in [0.1, 0.15) is 31.2 Å². The molecular weight excluding hydrogens is 522 g/mol. The van der Waals surface area contributed by atoms with Gasteiger partial charge in [0.2, 0.25) is 0 Å². The summed E-state index contributed by atoms with van der Waals surface area (Å²) in [6.45, 7) is 3.61. The van der Waals surface area contributed by atoms with E-state index >= 15 is 0 Å². The predicted molar refractivity (Wildman–Crippen MR) is 144 cm³/mol. The Morgan fingerprint density at radius 1 is 1.18 bits per heavy atom. The van der Waals surface area contributed by atoms with Crippen LogP contribution in [0.15, 0.2) is 86.1 Å². The summed E-state index contributed by atoms with van der Waals surface area (Å²) < 4.78 is 18.3. The normalized spacial score (nSPS) is 15.1. The highest BCUT2D eigenvalue weighted by atomic mass is 32.1. The fourth-order valence-corrected chi connectivity index (χ4v) is 5.47. The van der Waals surface area contributed by atoms with Gasteiger partial charge in [-0.25, -0.2) is 9.79 Å². The van der Waals surface area contributed by atoms with Crippen LogP contribution in [0, 0.1) is 10.1 Å². The minimum absolute atomic E-state index is 0.0840. The molecule has 0 radical (unpaired) electrons. The van der Waals surface area contributed by atoms with Crippen molar-refractivity contribution in [2.75, 3.05) is 13.7 Å². The average Bonchev–Trinajstić information content (AvgIpc) is 3.52. The van der Waals surface area contributed by atoms with E-state index < -0.39 is 16.9 Å². The highest BCUT2D eigenvalue weighted by Gasteiger charge is 2.33. The molecule has 1 aliphatic heterocycles. The van der Waals surface area contributed by atoms with Gasteiger partial charge in [-0.05, 0) is 49.7 Å². The topological polar surface area (TPSA) is 126 Å². The monoisotopic (exact) mass is 545 g/mol. The smallest absolute Gasteiger partial charge is 0.338 e. The predicted octanol–water partition coefficient (Wildman–Crippen LogP) is 3.98. The number of carbonyl (C=O) groups is 1. The number of aromatic nitrogens is 1. The number of ether oxygens (including phenoxy) is 2. The van der Waals surface area contributed by atoms with Gasteiger partial charge < -0.3 is 13.9 Å². The Morgan fingerprint density at radius 3 is 2.62 bits per heavy atom. The number of furan rings is 1. The van der Waals surface area contributed by atoms with Gasteiger partial charge >= 0.3 is 5.97 Å². The van der Waals surface area contributed by atoms with Crippen molar-refractivity contribution in [1.29, 1.82) is 0 Å². The van der Waals surface area contributed by atoms with Crippen LogP contribution >= 0.6 is 11.3 Å². The Kier molecular flexibility index (Phi) is 6.99. The average molecular weight is 546 g/mol. The maximum Gasteiger partial charge on any atom is 0.338 e. The summed E-state index contributed by atoms with van der Waals surface area (Å²) in [6, 6.07) is 15.9. The maximum absolute atomic E-state index is 13.7. The second kappa shape index (κ2) is 10.5. The first kappa shape index (κ1) is 25.9. The molecule has 2 aromatic heterocycles. The maximum atomic E-state index is 13.7. The van der Waals surface area contributed by atoms with Crippen molar-refractivity contribution in [2.45, 2.75) is 19.9 Å². The zero-order valence-corrected chi connectivity index (χ0v) is 22.1. The summed E-state index contributed by atoms with van der Waals surface area (Å²) in [5, 5.41) is 11.4. The summed E-state index contributed by atoms with van der Waals surface area (Å²) in [7, 11) is 1.56. The SMILES string of the molecule is CCOC(=O)C1=C(C)N=c2sc(=Cc3ccc(-c4ccccc4[N+](=O)[O-])o3)c(=O)n2C1c1ccc(OC)cc1. The molecule has 3 heterocycles. The lowest BCUT2D eigenvalue weighted by Crippen LogP contribution is -2.39. The molecule has 0 spiro atoms. The zero-order chi connectivity index (χ0) is 27.7. The standard InChI is InChI=1S/C28H23N3O7S/c1-4-37-27(33)24-16(2)29-28-30(25(24)17-9-11-18(36-3)12-10-17)26(32)23(39-28)15-19-13-14-22(38-19)20-7-5-6-8-21(20)31(34)35/h5-15,25H,4H2,1-3H3. The van der Waals surface area contributed by atoms with Gasteiger partial charge in [0, 0.05) is 12.1 Å². The van der Waals surface area contributed by atoms with Crippen LogP contribution in [0.3, 0.4) is 0 Å². The van der Waals surface area contributed by atoms with Crippen LogP contribution in [-0.2, 0) is 9.53 Å². The van der Waals surface area contributed by atoms with Crippen molar-refractivity contribution in [3.05, 3.63) is 113 Å². The number of allylic oxidation sites excluding steroid dienone is 1. The van der Waals surface area contributed by atoms with E-state index in [9.17, 15) is 19.7 Å². The number of nitro groups is 1. The molecule has 4 aromatic rings. The quantitative estimate of drug-likeness (QED) is 0.195. The Hall–Kier alpha value is -4.77. The highest BCUT2D eigenvalue weighted by Crippen LogP contribution is 2.32. The van der Waals surface area contributed by atoms with Crippen LogP contribution in [0.4, 0.5) is 5.69 Å². The molecule has 0 aliphatic carbocycles. The Morgan fingerprint density at radius 2 is 1.92 bits per heavy atom. The van der Waals surface area contributed by atoms with Crippen molar-refractivity contribution in [3.63, 3.8) is 0 Å². The number of fused-ring (bicyclic) bond motifs is 1. The number of benzene rings is 2. The number of hydrogen-bond donors (Lipinski definition) is 0. The second-order valence-corrected chi connectivity index (χ2v) is 9.56. The largest absolute Gasteiger partial charge is 0.497 e. The van der Waals surface area contributed by atoms with Crippen molar-refractivity contribution < 1.29 is 23.6 Å². The number of carbonyl (C=O) groups excluding carboxylic acids is 1. The number of nitro benzene ring substituents is 1. The number of nitrogens with zero attached hydrogens (tertiary/aromatic N) is 3. The summed E-state index contributed by atoms with van der Waals surface area (Å²) in [6.07, 6.45) is 1.57. The van der Waals surface area contributed by atoms with E-state index in [2.05, 4.69) is 4.99 Å². The Bertz CT molecular complexity index is 1800. The third kappa shape index (κ3) is 4.79. The summed E-state index contributed by atoms with van der Waals surface area (Å²) in [5.74, 6) is 0.736. The zero-order valence-electron chi connectivity index (χ0n) is 21.2. The van der Waals surface area contributed by atoms with Crippen LogP contribution in [0.5, 0.6) is 5.75 Å². The van der Waals surface area contributed by atoms with Crippen molar-refractivity contribution in [2.24, 2.45) is 4.99 Å². The Balaban J connectivity index is 1.63. The van der Waals surface area contributed by atoms with Gasteiger partial charge in [-0.2, -0.15) is 0 Å². The second-order valence-electron chi connectivity index (χ2n) is 8.55. The van der Waals surface area contributed by atoms with Crippen LogP contribution in [0.25, 0.3) is 17.4 Å². The van der Waals surface area contributed by atoms with Gasteiger partial charge in [0.05, 0.1) is 46.0 Å². The fraction of sp³-hybridized carbons (Fsp3) is 0.179. The third-order valence-corrected chi connectivity index (χ3v) is 7.20. The van der Waals surface area contributed by atoms with Gasteiger partial charge in [0.1, 0.15) is 17.3 Å². The van der Waals surface area contributed by atoms with Crippen LogP contribution in [0.2, 0.25) is 0 Å². The number of rotatable bonds is 7. The molecule has 10 nitrogen and oxygen atoms in total. The van der Waals surface area contributed by atoms with Crippen LogP contribution in [-0.4, -0.2) is 29.2 Å². The molecule has 1 atom stereocenters. The molecule has 5 rings (SSSR count). The molecule has 1 unspecified atom stereocenters. The van der Waals surface area contributed by atoms with Gasteiger partial charge in [0.15, 0.2) is 4.80 Å². The van der Waals surface area contributed by atoms with E-state index in [4.69, 9.17) is 13.9 Å². The lowest BCUT2D eigenvalue weighted by atomic mass is 9.96. The van der Waals surface area contributed by atoms with Crippen molar-refractivity contribution in [1.82, 2.24) is 4.57 Å². The first-order chi connectivity index (χ1) is 18.8.